The number of aryl methyl sites for hydroxylation is 1. The van der Waals surface area contributed by atoms with Gasteiger partial charge in [-0.25, -0.2) is 4.98 Å². The Kier molecular flexibility index (Phi) is 6.47. The number of benzene rings is 1. The van der Waals surface area contributed by atoms with E-state index in [2.05, 4.69) is 15.3 Å². The van der Waals surface area contributed by atoms with Crippen LogP contribution in [0.25, 0.3) is 0 Å². The lowest BCUT2D eigenvalue weighted by molar-refractivity contribution is -0.121. The van der Waals surface area contributed by atoms with Gasteiger partial charge in [0.1, 0.15) is 0 Å². The first-order valence-electron chi connectivity index (χ1n) is 8.97. The summed E-state index contributed by atoms with van der Waals surface area (Å²) < 4.78 is 5.32. The van der Waals surface area contributed by atoms with Crippen LogP contribution in [-0.2, 0) is 22.5 Å². The van der Waals surface area contributed by atoms with E-state index in [0.717, 1.165) is 5.56 Å². The summed E-state index contributed by atoms with van der Waals surface area (Å²) in [4.78, 5) is 33.9. The van der Waals surface area contributed by atoms with E-state index in [1.165, 1.54) is 0 Å². The highest BCUT2D eigenvalue weighted by Crippen LogP contribution is 2.14. The van der Waals surface area contributed by atoms with Crippen LogP contribution in [0.2, 0.25) is 5.02 Å². The molecule has 1 fully saturated rings. The molecule has 2 N–H and O–H groups in total. The summed E-state index contributed by atoms with van der Waals surface area (Å²) in [5, 5.41) is 3.45. The highest BCUT2D eigenvalue weighted by molar-refractivity contribution is 6.31. The van der Waals surface area contributed by atoms with Crippen molar-refractivity contribution in [3.8, 4) is 0 Å². The second kappa shape index (κ2) is 9.01. The van der Waals surface area contributed by atoms with Crippen molar-refractivity contribution in [2.24, 2.45) is 0 Å². The third kappa shape index (κ3) is 5.08. The van der Waals surface area contributed by atoms with E-state index in [9.17, 15) is 9.59 Å². The molecule has 1 amide bonds. The molecule has 2 heterocycles. The first kappa shape index (κ1) is 19.4. The number of hydrogen-bond acceptors (Lipinski definition) is 5. The number of nitrogens with one attached hydrogen (secondary N) is 2. The number of ether oxygens (including phenoxy) is 1. The number of rotatable bonds is 6. The molecule has 0 bridgehead atoms. The van der Waals surface area contributed by atoms with Crippen molar-refractivity contribution in [2.45, 2.75) is 26.3 Å². The number of halogens is 1. The predicted octanol–water partition coefficient (Wildman–Crippen LogP) is 1.82. The van der Waals surface area contributed by atoms with Crippen molar-refractivity contribution in [2.75, 3.05) is 31.2 Å². The number of aromatic amines is 1. The average Bonchev–Trinajstić information content (AvgIpc) is 2.67. The Balaban J connectivity index is 1.58. The van der Waals surface area contributed by atoms with Gasteiger partial charge in [0.2, 0.25) is 11.9 Å². The Morgan fingerprint density at radius 3 is 2.78 bits per heavy atom. The Bertz CT molecular complexity index is 862. The monoisotopic (exact) mass is 390 g/mol. The second-order valence-electron chi connectivity index (χ2n) is 6.42. The zero-order chi connectivity index (χ0) is 19.2. The van der Waals surface area contributed by atoms with Gasteiger partial charge in [-0.2, -0.15) is 0 Å². The number of morpholine rings is 1. The van der Waals surface area contributed by atoms with Gasteiger partial charge in [-0.15, -0.1) is 0 Å². The molecule has 0 radical (unpaired) electrons. The summed E-state index contributed by atoms with van der Waals surface area (Å²) in [5.41, 5.74) is 1.86. The van der Waals surface area contributed by atoms with E-state index in [4.69, 9.17) is 16.3 Å². The van der Waals surface area contributed by atoms with Crippen LogP contribution in [0, 0.1) is 6.92 Å². The molecule has 1 aromatic carbocycles. The second-order valence-corrected chi connectivity index (χ2v) is 6.83. The van der Waals surface area contributed by atoms with Gasteiger partial charge in [0.05, 0.1) is 13.2 Å². The van der Waals surface area contributed by atoms with Crippen LogP contribution in [0.15, 0.2) is 29.1 Å². The molecule has 0 aliphatic carbocycles. The average molecular weight is 391 g/mol. The molecule has 144 valence electrons. The molecule has 0 spiro atoms. The number of carbonyl (C=O) groups is 1. The van der Waals surface area contributed by atoms with Gasteiger partial charge in [-0.3, -0.25) is 14.6 Å². The fourth-order valence-electron chi connectivity index (χ4n) is 2.98. The first-order chi connectivity index (χ1) is 13.0. The molecule has 8 heteroatoms. The summed E-state index contributed by atoms with van der Waals surface area (Å²) in [6, 6.07) is 7.37. The normalized spacial score (nSPS) is 14.2. The van der Waals surface area contributed by atoms with Gasteiger partial charge in [0.15, 0.2) is 0 Å². The number of H-pyrrole nitrogens is 1. The molecule has 7 nitrogen and oxygen atoms in total. The largest absolute Gasteiger partial charge is 0.378 e. The fourth-order valence-corrected chi connectivity index (χ4v) is 3.18. The fraction of sp³-hybridized carbons (Fsp3) is 0.421. The number of anilines is 1. The van der Waals surface area contributed by atoms with Crippen molar-refractivity contribution in [1.82, 2.24) is 15.3 Å². The number of carbonyl (C=O) groups excluding carboxylic acids is 1. The molecule has 2 aromatic rings. The maximum Gasteiger partial charge on any atom is 0.255 e. The van der Waals surface area contributed by atoms with Gasteiger partial charge < -0.3 is 15.0 Å². The third-order valence-corrected chi connectivity index (χ3v) is 4.93. The van der Waals surface area contributed by atoms with Crippen LogP contribution in [0.3, 0.4) is 0 Å². The van der Waals surface area contributed by atoms with Gasteiger partial charge in [0, 0.05) is 42.3 Å². The number of hydrogen-bond donors (Lipinski definition) is 2. The van der Waals surface area contributed by atoms with E-state index in [1.807, 2.05) is 23.1 Å². The summed E-state index contributed by atoms with van der Waals surface area (Å²) in [5.74, 6) is 0.429. The summed E-state index contributed by atoms with van der Waals surface area (Å²) in [6.45, 7) is 4.81. The molecule has 1 aromatic heterocycles. The Labute approximate surface area is 162 Å². The molecule has 0 unspecified atom stereocenters. The van der Waals surface area contributed by atoms with E-state index in [1.54, 1.807) is 13.0 Å². The van der Waals surface area contributed by atoms with E-state index in [0.29, 0.717) is 61.5 Å². The highest BCUT2D eigenvalue weighted by atomic mass is 35.5. The number of amides is 1. The molecular formula is C19H23ClN4O3. The molecular weight excluding hydrogens is 368 g/mol. The molecule has 1 aliphatic heterocycles. The minimum absolute atomic E-state index is 0.133. The quantitative estimate of drug-likeness (QED) is 0.785. The van der Waals surface area contributed by atoms with Gasteiger partial charge in [-0.1, -0.05) is 29.8 Å². The minimum Gasteiger partial charge on any atom is -0.378 e. The van der Waals surface area contributed by atoms with Crippen LogP contribution in [-0.4, -0.2) is 42.2 Å². The van der Waals surface area contributed by atoms with Crippen molar-refractivity contribution < 1.29 is 9.53 Å². The molecule has 1 aliphatic rings. The maximum atomic E-state index is 12.4. The van der Waals surface area contributed by atoms with Crippen molar-refractivity contribution in [3.63, 3.8) is 0 Å². The van der Waals surface area contributed by atoms with E-state index in [-0.39, 0.29) is 17.9 Å². The first-order valence-corrected chi connectivity index (χ1v) is 9.35. The standard InChI is InChI=1S/C19H23ClN4O3/c1-13-15(18(26)23-19(22-13)24-8-10-27-11-9-24)6-7-17(25)21-12-14-4-2-3-5-16(14)20/h2-5H,6-12H2,1H3,(H,21,25)(H,22,23,26). The molecule has 1 saturated heterocycles. The molecule has 27 heavy (non-hydrogen) atoms. The third-order valence-electron chi connectivity index (χ3n) is 4.56. The van der Waals surface area contributed by atoms with Gasteiger partial charge in [0.25, 0.3) is 5.56 Å². The zero-order valence-electron chi connectivity index (χ0n) is 15.3. The zero-order valence-corrected chi connectivity index (χ0v) is 16.0. The SMILES string of the molecule is Cc1nc(N2CCOCC2)[nH]c(=O)c1CCC(=O)NCc1ccccc1Cl. The van der Waals surface area contributed by atoms with Crippen molar-refractivity contribution in [3.05, 3.63) is 56.5 Å². The van der Waals surface area contributed by atoms with Crippen LogP contribution >= 0.6 is 11.6 Å². The molecule has 0 saturated carbocycles. The summed E-state index contributed by atoms with van der Waals surface area (Å²) in [7, 11) is 0. The molecule has 0 atom stereocenters. The Hall–Kier alpha value is -2.38. The Morgan fingerprint density at radius 1 is 1.33 bits per heavy atom. The molecule has 3 rings (SSSR count). The smallest absolute Gasteiger partial charge is 0.255 e. The van der Waals surface area contributed by atoms with Crippen LogP contribution < -0.4 is 15.8 Å². The lowest BCUT2D eigenvalue weighted by Gasteiger charge is -2.27. The Morgan fingerprint density at radius 2 is 2.07 bits per heavy atom. The maximum absolute atomic E-state index is 12.4. The predicted molar refractivity (Wildman–Crippen MR) is 104 cm³/mol. The van der Waals surface area contributed by atoms with Crippen molar-refractivity contribution in [1.29, 1.82) is 0 Å². The lowest BCUT2D eigenvalue weighted by Crippen LogP contribution is -2.38. The lowest BCUT2D eigenvalue weighted by atomic mass is 10.1. The van der Waals surface area contributed by atoms with Crippen molar-refractivity contribution >= 4 is 23.5 Å². The minimum atomic E-state index is -0.192. The van der Waals surface area contributed by atoms with Crippen LogP contribution in [0.5, 0.6) is 0 Å². The van der Waals surface area contributed by atoms with Gasteiger partial charge in [-0.05, 0) is 25.0 Å². The number of aromatic nitrogens is 2. The summed E-state index contributed by atoms with van der Waals surface area (Å²) in [6.07, 6.45) is 0.554. The van der Waals surface area contributed by atoms with E-state index >= 15 is 0 Å². The van der Waals surface area contributed by atoms with E-state index < -0.39 is 0 Å². The highest BCUT2D eigenvalue weighted by Gasteiger charge is 2.16. The summed E-state index contributed by atoms with van der Waals surface area (Å²) >= 11 is 6.08. The number of nitrogens with zero attached hydrogens (tertiary/aromatic N) is 2. The topological polar surface area (TPSA) is 87.3 Å². The van der Waals surface area contributed by atoms with Crippen LogP contribution in [0.1, 0.15) is 23.2 Å². The van der Waals surface area contributed by atoms with Crippen LogP contribution in [0.4, 0.5) is 5.95 Å². The van der Waals surface area contributed by atoms with Gasteiger partial charge >= 0.3 is 0 Å².